The SMILES string of the molecule is COC(=O)c1cc(C2(C(C)N)CC2)cc(F)c1O. The van der Waals surface area contributed by atoms with Crippen molar-refractivity contribution < 1.29 is 19.0 Å². The number of methoxy groups -OCH3 is 1. The number of esters is 1. The maximum absolute atomic E-state index is 13.7. The number of nitrogens with two attached hydrogens (primary N) is 1. The summed E-state index contributed by atoms with van der Waals surface area (Å²) in [4.78, 5) is 11.5. The number of phenolic OH excluding ortho intramolecular Hbond substituents is 1. The van der Waals surface area contributed by atoms with E-state index in [4.69, 9.17) is 5.73 Å². The van der Waals surface area contributed by atoms with Gasteiger partial charge in [-0.15, -0.1) is 0 Å². The molecule has 1 aliphatic carbocycles. The van der Waals surface area contributed by atoms with Crippen molar-refractivity contribution in [2.45, 2.75) is 31.2 Å². The van der Waals surface area contributed by atoms with Gasteiger partial charge >= 0.3 is 5.97 Å². The smallest absolute Gasteiger partial charge is 0.341 e. The van der Waals surface area contributed by atoms with Crippen LogP contribution in [0.25, 0.3) is 0 Å². The molecule has 1 fully saturated rings. The minimum Gasteiger partial charge on any atom is -0.504 e. The van der Waals surface area contributed by atoms with Crippen LogP contribution in [0.3, 0.4) is 0 Å². The third-order valence-electron chi connectivity index (χ3n) is 3.70. The van der Waals surface area contributed by atoms with Crippen LogP contribution in [0.5, 0.6) is 5.75 Å². The Hall–Kier alpha value is -1.62. The molecule has 0 heterocycles. The molecule has 0 radical (unpaired) electrons. The fourth-order valence-corrected chi connectivity index (χ4v) is 2.29. The number of ether oxygens (including phenoxy) is 1. The van der Waals surface area contributed by atoms with Crippen LogP contribution in [-0.4, -0.2) is 24.2 Å². The summed E-state index contributed by atoms with van der Waals surface area (Å²) in [5, 5.41) is 9.54. The van der Waals surface area contributed by atoms with Crippen LogP contribution < -0.4 is 5.73 Å². The van der Waals surface area contributed by atoms with Crippen LogP contribution >= 0.6 is 0 Å². The molecule has 1 unspecified atom stereocenters. The molecule has 0 amide bonds. The summed E-state index contributed by atoms with van der Waals surface area (Å²) >= 11 is 0. The second-order valence-electron chi connectivity index (χ2n) is 4.79. The Morgan fingerprint density at radius 3 is 2.61 bits per heavy atom. The van der Waals surface area contributed by atoms with Crippen LogP contribution in [0.4, 0.5) is 4.39 Å². The Balaban J connectivity index is 2.52. The topological polar surface area (TPSA) is 72.5 Å². The van der Waals surface area contributed by atoms with Gasteiger partial charge in [-0.1, -0.05) is 0 Å². The Bertz CT molecular complexity index is 495. The lowest BCUT2D eigenvalue weighted by Crippen LogP contribution is -2.31. The van der Waals surface area contributed by atoms with Gasteiger partial charge in [-0.25, -0.2) is 9.18 Å². The molecule has 1 saturated carbocycles. The van der Waals surface area contributed by atoms with E-state index < -0.39 is 17.5 Å². The van der Waals surface area contributed by atoms with Crippen molar-refractivity contribution in [3.05, 3.63) is 29.1 Å². The van der Waals surface area contributed by atoms with Gasteiger partial charge in [-0.3, -0.25) is 0 Å². The van der Waals surface area contributed by atoms with Crippen molar-refractivity contribution in [2.75, 3.05) is 7.11 Å². The highest BCUT2D eigenvalue weighted by atomic mass is 19.1. The van der Waals surface area contributed by atoms with E-state index in [1.54, 1.807) is 0 Å². The first-order valence-corrected chi connectivity index (χ1v) is 5.79. The van der Waals surface area contributed by atoms with Crippen molar-refractivity contribution >= 4 is 5.97 Å². The summed E-state index contributed by atoms with van der Waals surface area (Å²) in [6.07, 6.45) is 1.71. The van der Waals surface area contributed by atoms with E-state index in [0.717, 1.165) is 12.8 Å². The largest absolute Gasteiger partial charge is 0.504 e. The number of benzene rings is 1. The van der Waals surface area contributed by atoms with Crippen molar-refractivity contribution in [3.8, 4) is 5.75 Å². The second-order valence-corrected chi connectivity index (χ2v) is 4.79. The maximum Gasteiger partial charge on any atom is 0.341 e. The molecule has 3 N–H and O–H groups in total. The van der Waals surface area contributed by atoms with Crippen LogP contribution in [-0.2, 0) is 10.2 Å². The van der Waals surface area contributed by atoms with Crippen LogP contribution in [0.15, 0.2) is 12.1 Å². The van der Waals surface area contributed by atoms with E-state index in [1.807, 2.05) is 6.92 Å². The average molecular weight is 253 g/mol. The molecule has 2 rings (SSSR count). The fraction of sp³-hybridized carbons (Fsp3) is 0.462. The van der Waals surface area contributed by atoms with Crippen molar-refractivity contribution in [1.82, 2.24) is 0 Å². The summed E-state index contributed by atoms with van der Waals surface area (Å²) < 4.78 is 18.2. The molecular formula is C13H16FNO3. The molecule has 0 aliphatic heterocycles. The molecule has 0 saturated heterocycles. The lowest BCUT2D eigenvalue weighted by molar-refractivity contribution is 0.0596. The maximum atomic E-state index is 13.7. The summed E-state index contributed by atoms with van der Waals surface area (Å²) in [7, 11) is 1.19. The standard InChI is InChI=1S/C13H16FNO3/c1-7(15)13(3-4-13)8-5-9(12(17)18-2)11(16)10(14)6-8/h5-7,16H,3-4,15H2,1-2H3. The van der Waals surface area contributed by atoms with Crippen LogP contribution in [0.2, 0.25) is 0 Å². The molecule has 1 aromatic carbocycles. The van der Waals surface area contributed by atoms with Gasteiger partial charge in [0, 0.05) is 11.5 Å². The predicted octanol–water partition coefficient (Wildman–Crippen LogP) is 1.70. The highest BCUT2D eigenvalue weighted by Gasteiger charge is 2.48. The molecular weight excluding hydrogens is 237 g/mol. The highest BCUT2D eigenvalue weighted by molar-refractivity contribution is 5.92. The van der Waals surface area contributed by atoms with Gasteiger partial charge < -0.3 is 15.6 Å². The monoisotopic (exact) mass is 253 g/mol. The third-order valence-corrected chi connectivity index (χ3v) is 3.70. The van der Waals surface area contributed by atoms with Gasteiger partial charge in [0.2, 0.25) is 0 Å². The van der Waals surface area contributed by atoms with Gasteiger partial charge in [0.05, 0.1) is 7.11 Å². The molecule has 0 spiro atoms. The summed E-state index contributed by atoms with van der Waals surface area (Å²) in [5.74, 6) is -2.25. The number of hydrogen-bond donors (Lipinski definition) is 2. The first-order chi connectivity index (χ1) is 8.42. The molecule has 1 aliphatic rings. The minimum atomic E-state index is -0.820. The van der Waals surface area contributed by atoms with E-state index in [2.05, 4.69) is 4.74 Å². The van der Waals surface area contributed by atoms with Crippen molar-refractivity contribution in [3.63, 3.8) is 0 Å². The molecule has 98 valence electrons. The van der Waals surface area contributed by atoms with E-state index in [9.17, 15) is 14.3 Å². The van der Waals surface area contributed by atoms with Gasteiger partial charge in [-0.2, -0.15) is 0 Å². The van der Waals surface area contributed by atoms with Gasteiger partial charge in [0.25, 0.3) is 0 Å². The molecule has 5 heteroatoms. The normalized spacial score (nSPS) is 18.2. The molecule has 1 atom stereocenters. The lowest BCUT2D eigenvalue weighted by Gasteiger charge is -2.21. The zero-order chi connectivity index (χ0) is 13.5. The molecule has 0 bridgehead atoms. The number of rotatable bonds is 3. The van der Waals surface area contributed by atoms with Crippen molar-refractivity contribution in [2.24, 2.45) is 5.73 Å². The first-order valence-electron chi connectivity index (χ1n) is 5.79. The van der Waals surface area contributed by atoms with Crippen LogP contribution in [0, 0.1) is 5.82 Å². The Labute approximate surface area is 105 Å². The fourth-order valence-electron chi connectivity index (χ4n) is 2.29. The van der Waals surface area contributed by atoms with Gasteiger partial charge in [0.1, 0.15) is 5.56 Å². The van der Waals surface area contributed by atoms with E-state index >= 15 is 0 Å². The Kier molecular flexibility index (Phi) is 3.02. The van der Waals surface area contributed by atoms with E-state index in [1.165, 1.54) is 19.2 Å². The van der Waals surface area contributed by atoms with Gasteiger partial charge in [0.15, 0.2) is 11.6 Å². The van der Waals surface area contributed by atoms with E-state index in [-0.39, 0.29) is 17.0 Å². The molecule has 18 heavy (non-hydrogen) atoms. The molecule has 1 aromatic rings. The summed E-state index contributed by atoms with van der Waals surface area (Å²) in [5.41, 5.74) is 6.12. The number of hydrogen-bond acceptors (Lipinski definition) is 4. The minimum absolute atomic E-state index is 0.132. The zero-order valence-electron chi connectivity index (χ0n) is 10.4. The average Bonchev–Trinajstić information content (AvgIpc) is 3.12. The quantitative estimate of drug-likeness (QED) is 0.804. The number of phenols is 1. The number of halogens is 1. The third kappa shape index (κ3) is 1.84. The summed E-state index contributed by atoms with van der Waals surface area (Å²) in [6, 6.07) is 2.59. The molecule has 4 nitrogen and oxygen atoms in total. The van der Waals surface area contributed by atoms with Gasteiger partial charge in [-0.05, 0) is 37.5 Å². The zero-order valence-corrected chi connectivity index (χ0v) is 10.4. The Morgan fingerprint density at radius 1 is 1.56 bits per heavy atom. The number of aromatic hydroxyl groups is 1. The predicted molar refractivity (Wildman–Crippen MR) is 64.0 cm³/mol. The summed E-state index contributed by atoms with van der Waals surface area (Å²) in [6.45, 7) is 1.86. The van der Waals surface area contributed by atoms with Crippen molar-refractivity contribution in [1.29, 1.82) is 0 Å². The second kappa shape index (κ2) is 4.24. The Morgan fingerprint density at radius 2 is 2.17 bits per heavy atom. The number of carbonyl (C=O) groups excluding carboxylic acids is 1. The molecule has 0 aromatic heterocycles. The lowest BCUT2D eigenvalue weighted by atomic mass is 9.88. The first kappa shape index (κ1) is 12.8. The van der Waals surface area contributed by atoms with E-state index in [0.29, 0.717) is 5.56 Å². The highest BCUT2D eigenvalue weighted by Crippen LogP contribution is 2.51. The number of carbonyl (C=O) groups is 1. The van der Waals surface area contributed by atoms with Crippen LogP contribution in [0.1, 0.15) is 35.7 Å².